The van der Waals surface area contributed by atoms with Crippen molar-refractivity contribution in [3.8, 4) is 5.75 Å². The summed E-state index contributed by atoms with van der Waals surface area (Å²) in [7, 11) is 0. The zero-order chi connectivity index (χ0) is 13.7. The van der Waals surface area contributed by atoms with Crippen molar-refractivity contribution in [1.29, 1.82) is 0 Å². The minimum atomic E-state index is 0.587. The smallest absolute Gasteiger partial charge is 0.130 e. The second-order valence-corrected chi connectivity index (χ2v) is 5.09. The van der Waals surface area contributed by atoms with Crippen LogP contribution in [0.2, 0.25) is 0 Å². The van der Waals surface area contributed by atoms with E-state index in [1.807, 2.05) is 44.2 Å². The predicted molar refractivity (Wildman–Crippen MR) is 79.6 cm³/mol. The van der Waals surface area contributed by atoms with Crippen LogP contribution in [0.15, 0.2) is 34.8 Å². The van der Waals surface area contributed by atoms with Gasteiger partial charge in [-0.3, -0.25) is 0 Å². The fourth-order valence-electron chi connectivity index (χ4n) is 1.69. The number of aryl methyl sites for hydroxylation is 2. The third-order valence-electron chi connectivity index (χ3n) is 2.46. The predicted octanol–water partition coefficient (Wildman–Crippen LogP) is 3.35. The second-order valence-electron chi connectivity index (χ2n) is 4.17. The van der Waals surface area contributed by atoms with Crippen molar-refractivity contribution >= 4 is 21.7 Å². The molecule has 1 aromatic heterocycles. The summed E-state index contributed by atoms with van der Waals surface area (Å²) in [6.45, 7) is 5.13. The Labute approximate surface area is 121 Å². The molecule has 0 fully saturated rings. The standard InChI is InChI=1S/C14H16BrN3O/c1-10-9-14(18-11(2)17-10)16-7-8-19-13-5-3-12(15)4-6-13/h3-6,9H,7-8H2,1-2H3,(H,16,17,18). The van der Waals surface area contributed by atoms with Crippen molar-refractivity contribution in [1.82, 2.24) is 9.97 Å². The van der Waals surface area contributed by atoms with E-state index in [0.717, 1.165) is 27.6 Å². The molecular formula is C14H16BrN3O. The van der Waals surface area contributed by atoms with Crippen LogP contribution >= 0.6 is 15.9 Å². The molecule has 0 saturated heterocycles. The number of rotatable bonds is 5. The largest absolute Gasteiger partial charge is 0.492 e. The molecule has 0 spiro atoms. The van der Waals surface area contributed by atoms with Crippen LogP contribution in [0.4, 0.5) is 5.82 Å². The second kappa shape index (κ2) is 6.52. The summed E-state index contributed by atoms with van der Waals surface area (Å²) in [6.07, 6.45) is 0. The Morgan fingerprint density at radius 2 is 1.89 bits per heavy atom. The number of hydrogen-bond donors (Lipinski definition) is 1. The van der Waals surface area contributed by atoms with Crippen LogP contribution in [0.25, 0.3) is 0 Å². The monoisotopic (exact) mass is 321 g/mol. The van der Waals surface area contributed by atoms with E-state index < -0.39 is 0 Å². The summed E-state index contributed by atoms with van der Waals surface area (Å²) in [5.41, 5.74) is 0.962. The summed E-state index contributed by atoms with van der Waals surface area (Å²) in [4.78, 5) is 8.54. The van der Waals surface area contributed by atoms with Crippen molar-refractivity contribution in [3.05, 3.63) is 46.3 Å². The zero-order valence-corrected chi connectivity index (χ0v) is 12.6. The van der Waals surface area contributed by atoms with Gasteiger partial charge in [0.05, 0.1) is 6.54 Å². The molecule has 5 heteroatoms. The van der Waals surface area contributed by atoms with Crippen LogP contribution in [-0.2, 0) is 0 Å². The van der Waals surface area contributed by atoms with Gasteiger partial charge >= 0.3 is 0 Å². The lowest BCUT2D eigenvalue weighted by molar-refractivity contribution is 0.332. The van der Waals surface area contributed by atoms with E-state index in [-0.39, 0.29) is 0 Å². The third kappa shape index (κ3) is 4.52. The van der Waals surface area contributed by atoms with Crippen molar-refractivity contribution in [2.24, 2.45) is 0 Å². The maximum absolute atomic E-state index is 5.62. The average Bonchev–Trinajstić information content (AvgIpc) is 2.36. The van der Waals surface area contributed by atoms with Crippen LogP contribution in [0, 0.1) is 13.8 Å². The maximum Gasteiger partial charge on any atom is 0.130 e. The van der Waals surface area contributed by atoms with Crippen LogP contribution < -0.4 is 10.1 Å². The molecule has 1 aromatic carbocycles. The first-order valence-electron chi connectivity index (χ1n) is 6.08. The summed E-state index contributed by atoms with van der Waals surface area (Å²) < 4.78 is 6.66. The molecule has 4 nitrogen and oxygen atoms in total. The zero-order valence-electron chi connectivity index (χ0n) is 11.0. The summed E-state index contributed by atoms with van der Waals surface area (Å²) in [5.74, 6) is 2.47. The van der Waals surface area contributed by atoms with Gasteiger partial charge in [0.1, 0.15) is 24.0 Å². The topological polar surface area (TPSA) is 47.0 Å². The highest BCUT2D eigenvalue weighted by atomic mass is 79.9. The SMILES string of the molecule is Cc1cc(NCCOc2ccc(Br)cc2)nc(C)n1. The molecular weight excluding hydrogens is 306 g/mol. The van der Waals surface area contributed by atoms with Gasteiger partial charge in [0.15, 0.2) is 0 Å². The van der Waals surface area contributed by atoms with Gasteiger partial charge in [-0.25, -0.2) is 9.97 Å². The van der Waals surface area contributed by atoms with E-state index in [4.69, 9.17) is 4.74 Å². The molecule has 0 bridgehead atoms. The van der Waals surface area contributed by atoms with Crippen molar-refractivity contribution in [2.45, 2.75) is 13.8 Å². The van der Waals surface area contributed by atoms with Crippen LogP contribution in [0.3, 0.4) is 0 Å². The molecule has 0 unspecified atom stereocenters. The lowest BCUT2D eigenvalue weighted by Crippen LogP contribution is -2.13. The summed E-state index contributed by atoms with van der Waals surface area (Å²) >= 11 is 3.39. The van der Waals surface area contributed by atoms with Gasteiger partial charge in [-0.05, 0) is 38.1 Å². The molecule has 0 aliphatic carbocycles. The Hall–Kier alpha value is -1.62. The van der Waals surface area contributed by atoms with Crippen molar-refractivity contribution < 1.29 is 4.74 Å². The summed E-state index contributed by atoms with van der Waals surface area (Å²) in [6, 6.07) is 9.71. The summed E-state index contributed by atoms with van der Waals surface area (Å²) in [5, 5.41) is 3.22. The lowest BCUT2D eigenvalue weighted by atomic mass is 10.3. The van der Waals surface area contributed by atoms with Gasteiger partial charge in [0.2, 0.25) is 0 Å². The van der Waals surface area contributed by atoms with Gasteiger partial charge in [0, 0.05) is 16.2 Å². The Bertz CT molecular complexity index is 523. The first kappa shape index (κ1) is 13.8. The van der Waals surface area contributed by atoms with Gasteiger partial charge in [-0.15, -0.1) is 0 Å². The number of nitrogens with one attached hydrogen (secondary N) is 1. The van der Waals surface area contributed by atoms with Gasteiger partial charge in [-0.2, -0.15) is 0 Å². The average molecular weight is 322 g/mol. The Morgan fingerprint density at radius 3 is 2.58 bits per heavy atom. The number of benzene rings is 1. The molecule has 0 saturated carbocycles. The number of aromatic nitrogens is 2. The molecule has 0 amide bonds. The van der Waals surface area contributed by atoms with Crippen LogP contribution in [0.5, 0.6) is 5.75 Å². The molecule has 0 radical (unpaired) electrons. The normalized spacial score (nSPS) is 10.3. The minimum Gasteiger partial charge on any atom is -0.492 e. The highest BCUT2D eigenvalue weighted by Crippen LogP contribution is 2.15. The molecule has 1 heterocycles. The number of anilines is 1. The van der Waals surface area contributed by atoms with Gasteiger partial charge < -0.3 is 10.1 Å². The third-order valence-corrected chi connectivity index (χ3v) is 2.99. The Kier molecular flexibility index (Phi) is 4.74. The van der Waals surface area contributed by atoms with Gasteiger partial charge in [0.25, 0.3) is 0 Å². The van der Waals surface area contributed by atoms with E-state index in [1.54, 1.807) is 0 Å². The lowest BCUT2D eigenvalue weighted by Gasteiger charge is -2.09. The Balaban J connectivity index is 1.79. The van der Waals surface area contributed by atoms with E-state index in [2.05, 4.69) is 31.2 Å². The molecule has 2 rings (SSSR count). The highest BCUT2D eigenvalue weighted by Gasteiger charge is 1.98. The Morgan fingerprint density at radius 1 is 1.16 bits per heavy atom. The number of halogens is 1. The molecule has 1 N–H and O–H groups in total. The van der Waals surface area contributed by atoms with E-state index in [1.165, 1.54) is 0 Å². The quantitative estimate of drug-likeness (QED) is 0.858. The number of hydrogen-bond acceptors (Lipinski definition) is 4. The molecule has 0 atom stereocenters. The molecule has 0 aliphatic heterocycles. The van der Waals surface area contributed by atoms with Crippen molar-refractivity contribution in [2.75, 3.05) is 18.5 Å². The van der Waals surface area contributed by atoms with E-state index in [9.17, 15) is 0 Å². The first-order chi connectivity index (χ1) is 9.13. The molecule has 0 aliphatic rings. The van der Waals surface area contributed by atoms with E-state index in [0.29, 0.717) is 13.2 Å². The number of ether oxygens (including phenoxy) is 1. The maximum atomic E-state index is 5.62. The fraction of sp³-hybridized carbons (Fsp3) is 0.286. The molecule has 100 valence electrons. The highest BCUT2D eigenvalue weighted by molar-refractivity contribution is 9.10. The molecule has 2 aromatic rings. The molecule has 19 heavy (non-hydrogen) atoms. The van der Waals surface area contributed by atoms with E-state index >= 15 is 0 Å². The minimum absolute atomic E-state index is 0.587. The van der Waals surface area contributed by atoms with Gasteiger partial charge in [-0.1, -0.05) is 15.9 Å². The first-order valence-corrected chi connectivity index (χ1v) is 6.87. The fourth-order valence-corrected chi connectivity index (χ4v) is 1.95. The van der Waals surface area contributed by atoms with Crippen LogP contribution in [0.1, 0.15) is 11.5 Å². The number of nitrogens with zero attached hydrogens (tertiary/aromatic N) is 2. The van der Waals surface area contributed by atoms with Crippen molar-refractivity contribution in [3.63, 3.8) is 0 Å². The van der Waals surface area contributed by atoms with Crippen LogP contribution in [-0.4, -0.2) is 23.1 Å².